The minimum Gasteiger partial charge on any atom is -0.451 e. The molecule has 4 rings (SSSR count). The number of pyridine rings is 1. The smallest absolute Gasteiger partial charge is 0.345 e. The zero-order valence-electron chi connectivity index (χ0n) is 14.7. The van der Waals surface area contributed by atoms with E-state index in [1.807, 2.05) is 37.4 Å². The first kappa shape index (κ1) is 16.1. The van der Waals surface area contributed by atoms with Crippen LogP contribution in [0.15, 0.2) is 47.4 Å². The third-order valence-electron chi connectivity index (χ3n) is 5.57. The normalized spacial score (nSPS) is 23.2. The fourth-order valence-corrected chi connectivity index (χ4v) is 3.76. The summed E-state index contributed by atoms with van der Waals surface area (Å²) in [4.78, 5) is 25.0. The summed E-state index contributed by atoms with van der Waals surface area (Å²) in [6.07, 6.45) is 5.45. The molecule has 0 N–H and O–H groups in total. The second-order valence-corrected chi connectivity index (χ2v) is 7.52. The molecule has 25 heavy (non-hydrogen) atoms. The number of cyclic esters (lactones) is 1. The monoisotopic (exact) mass is 337 g/mol. The van der Waals surface area contributed by atoms with Crippen molar-refractivity contribution in [2.24, 2.45) is 0 Å². The molecule has 0 bridgehead atoms. The number of carbonyl (C=O) groups is 1. The summed E-state index contributed by atoms with van der Waals surface area (Å²) in [5, 5.41) is 0. The lowest BCUT2D eigenvalue weighted by Gasteiger charge is -2.26. The van der Waals surface area contributed by atoms with Crippen molar-refractivity contribution in [2.75, 3.05) is 0 Å². The number of carbonyl (C=O) groups excluding carboxylic acids is 1. The molecule has 1 fully saturated rings. The van der Waals surface area contributed by atoms with Gasteiger partial charge in [-0.25, -0.2) is 4.79 Å². The van der Waals surface area contributed by atoms with Crippen molar-refractivity contribution in [1.29, 1.82) is 0 Å². The number of hydrogen-bond donors (Lipinski definition) is 0. The number of esters is 1. The maximum atomic E-state index is 12.7. The Labute approximate surface area is 147 Å². The van der Waals surface area contributed by atoms with Crippen molar-refractivity contribution in [2.45, 2.75) is 57.1 Å². The molecule has 0 radical (unpaired) electrons. The Bertz CT molecular complexity index is 866. The van der Waals surface area contributed by atoms with Crippen LogP contribution in [0.4, 0.5) is 0 Å². The van der Waals surface area contributed by atoms with Gasteiger partial charge in [0.1, 0.15) is 11.2 Å². The highest BCUT2D eigenvalue weighted by atomic mass is 16.6. The molecule has 130 valence electrons. The average molecular weight is 337 g/mol. The molecule has 4 heteroatoms. The molecule has 2 atom stereocenters. The predicted octanol–water partition coefficient (Wildman–Crippen LogP) is 4.15. The third-order valence-corrected chi connectivity index (χ3v) is 5.57. The zero-order chi connectivity index (χ0) is 17.6. The van der Waals surface area contributed by atoms with E-state index in [4.69, 9.17) is 4.74 Å². The van der Waals surface area contributed by atoms with Crippen molar-refractivity contribution < 1.29 is 9.53 Å². The van der Waals surface area contributed by atoms with Crippen LogP contribution in [0.5, 0.6) is 0 Å². The number of fused-ring (bicyclic) bond motifs is 1. The van der Waals surface area contributed by atoms with Gasteiger partial charge in [0, 0.05) is 17.8 Å². The van der Waals surface area contributed by atoms with Gasteiger partial charge in [0.25, 0.3) is 5.56 Å². The van der Waals surface area contributed by atoms with Gasteiger partial charge < -0.3 is 9.30 Å². The molecular formula is C21H23NO3. The lowest BCUT2D eigenvalue weighted by molar-refractivity contribution is -0.00461. The number of benzene rings is 1. The molecule has 0 saturated heterocycles. The maximum Gasteiger partial charge on any atom is 0.345 e. The summed E-state index contributed by atoms with van der Waals surface area (Å²) in [7, 11) is 0. The van der Waals surface area contributed by atoms with E-state index in [0.717, 1.165) is 24.8 Å². The number of nitrogens with zero attached hydrogens (tertiary/aromatic N) is 1. The van der Waals surface area contributed by atoms with Crippen LogP contribution in [-0.4, -0.2) is 10.5 Å². The first-order valence-electron chi connectivity index (χ1n) is 9.03. The van der Waals surface area contributed by atoms with Gasteiger partial charge in [-0.1, -0.05) is 37.3 Å². The van der Waals surface area contributed by atoms with Gasteiger partial charge in [-0.05, 0) is 50.2 Å². The van der Waals surface area contributed by atoms with Crippen molar-refractivity contribution in [3.8, 4) is 0 Å². The summed E-state index contributed by atoms with van der Waals surface area (Å²) in [6, 6.07) is 12.5. The molecule has 1 aliphatic carbocycles. The Morgan fingerprint density at radius 2 is 1.92 bits per heavy atom. The van der Waals surface area contributed by atoms with E-state index in [-0.39, 0.29) is 17.2 Å². The molecule has 2 unspecified atom stereocenters. The average Bonchev–Trinajstić information content (AvgIpc) is 3.41. The van der Waals surface area contributed by atoms with Gasteiger partial charge in [-0.2, -0.15) is 0 Å². The SMILES string of the molecule is CC(CCC1(C)OC(=O)c2c1ccn(C1CC1)c2=O)c1ccccc1. The van der Waals surface area contributed by atoms with E-state index < -0.39 is 11.6 Å². The summed E-state index contributed by atoms with van der Waals surface area (Å²) in [5.41, 5.74) is 1.37. The molecule has 1 aromatic heterocycles. The van der Waals surface area contributed by atoms with Crippen LogP contribution < -0.4 is 5.56 Å². The second kappa shape index (κ2) is 5.87. The highest BCUT2D eigenvalue weighted by molar-refractivity contribution is 5.94. The minimum absolute atomic E-state index is 0.190. The maximum absolute atomic E-state index is 12.7. The number of hydrogen-bond acceptors (Lipinski definition) is 3. The summed E-state index contributed by atoms with van der Waals surface area (Å²) >= 11 is 0. The van der Waals surface area contributed by atoms with E-state index in [1.54, 1.807) is 4.57 Å². The van der Waals surface area contributed by atoms with Crippen LogP contribution in [0.1, 0.15) is 73.0 Å². The predicted molar refractivity (Wildman–Crippen MR) is 95.8 cm³/mol. The molecule has 1 aliphatic heterocycles. The van der Waals surface area contributed by atoms with E-state index in [2.05, 4.69) is 19.1 Å². The zero-order valence-corrected chi connectivity index (χ0v) is 14.7. The van der Waals surface area contributed by atoms with Crippen molar-refractivity contribution in [1.82, 2.24) is 4.57 Å². The van der Waals surface area contributed by atoms with E-state index in [0.29, 0.717) is 12.3 Å². The lowest BCUT2D eigenvalue weighted by atomic mass is 9.86. The van der Waals surface area contributed by atoms with E-state index >= 15 is 0 Å². The molecule has 0 spiro atoms. The van der Waals surface area contributed by atoms with Crippen LogP contribution in [0.3, 0.4) is 0 Å². The largest absolute Gasteiger partial charge is 0.451 e. The molecule has 2 aromatic rings. The third kappa shape index (κ3) is 2.80. The molecule has 2 heterocycles. The highest BCUT2D eigenvalue weighted by Crippen LogP contribution is 2.41. The molecule has 2 aliphatic rings. The Morgan fingerprint density at radius 1 is 1.20 bits per heavy atom. The van der Waals surface area contributed by atoms with Crippen LogP contribution in [0.2, 0.25) is 0 Å². The Morgan fingerprint density at radius 3 is 2.60 bits per heavy atom. The molecule has 1 aromatic carbocycles. The lowest BCUT2D eigenvalue weighted by Crippen LogP contribution is -2.26. The minimum atomic E-state index is -0.711. The van der Waals surface area contributed by atoms with Crippen molar-refractivity contribution in [3.05, 3.63) is 69.6 Å². The second-order valence-electron chi connectivity index (χ2n) is 7.52. The van der Waals surface area contributed by atoms with Crippen LogP contribution in [-0.2, 0) is 10.3 Å². The highest BCUT2D eigenvalue weighted by Gasteiger charge is 2.44. The summed E-state index contributed by atoms with van der Waals surface area (Å²) in [5.74, 6) is -0.0996. The van der Waals surface area contributed by atoms with Crippen molar-refractivity contribution in [3.63, 3.8) is 0 Å². The molecule has 1 saturated carbocycles. The summed E-state index contributed by atoms with van der Waals surface area (Å²) < 4.78 is 7.38. The van der Waals surface area contributed by atoms with E-state index in [1.165, 1.54) is 5.56 Å². The van der Waals surface area contributed by atoms with Gasteiger partial charge in [0.2, 0.25) is 0 Å². The van der Waals surface area contributed by atoms with Crippen molar-refractivity contribution >= 4 is 5.97 Å². The number of aromatic nitrogens is 1. The fourth-order valence-electron chi connectivity index (χ4n) is 3.76. The van der Waals surface area contributed by atoms with Gasteiger partial charge in [-0.15, -0.1) is 0 Å². The van der Waals surface area contributed by atoms with Gasteiger partial charge >= 0.3 is 5.97 Å². The van der Waals surface area contributed by atoms with Crippen LogP contribution in [0.25, 0.3) is 0 Å². The van der Waals surface area contributed by atoms with Crippen LogP contribution >= 0.6 is 0 Å². The van der Waals surface area contributed by atoms with Crippen LogP contribution in [0, 0.1) is 0 Å². The molecule has 0 amide bonds. The van der Waals surface area contributed by atoms with Gasteiger partial charge in [-0.3, -0.25) is 4.79 Å². The van der Waals surface area contributed by atoms with E-state index in [9.17, 15) is 9.59 Å². The first-order chi connectivity index (χ1) is 12.0. The Hall–Kier alpha value is -2.36. The molecule has 4 nitrogen and oxygen atoms in total. The fraction of sp³-hybridized carbons (Fsp3) is 0.429. The first-order valence-corrected chi connectivity index (χ1v) is 9.03. The number of rotatable bonds is 5. The number of ether oxygens (including phenoxy) is 1. The van der Waals surface area contributed by atoms with Gasteiger partial charge in [0.15, 0.2) is 0 Å². The Balaban J connectivity index is 1.59. The summed E-state index contributed by atoms with van der Waals surface area (Å²) in [6.45, 7) is 4.11. The standard InChI is InChI=1S/C21H23NO3/c1-14(15-6-4-3-5-7-15)10-12-21(2)17-11-13-22(16-8-9-16)19(23)18(17)20(24)25-21/h3-7,11,13-14,16H,8-10,12H2,1-2H3. The molecular weight excluding hydrogens is 314 g/mol. The van der Waals surface area contributed by atoms with Gasteiger partial charge in [0.05, 0.1) is 0 Å². The topological polar surface area (TPSA) is 48.3 Å². The Kier molecular flexibility index (Phi) is 3.78. The quantitative estimate of drug-likeness (QED) is 0.770.